The summed E-state index contributed by atoms with van der Waals surface area (Å²) in [6.45, 7) is 20.3. The first-order valence-electron chi connectivity index (χ1n) is 8.40. The largest absolute Gasteiger partial charge is 0.411 e. The Kier molecular flexibility index (Phi) is 12.6. The van der Waals surface area contributed by atoms with Crippen LogP contribution in [0.4, 0.5) is 0 Å². The van der Waals surface area contributed by atoms with Crippen LogP contribution >= 0.6 is 0 Å². The molecule has 0 saturated carbocycles. The molecule has 1 N–H and O–H groups in total. The summed E-state index contributed by atoms with van der Waals surface area (Å²) in [7, 11) is 0. The smallest absolute Gasteiger partial charge is 0.120 e. The van der Waals surface area contributed by atoms with Crippen LogP contribution in [0.25, 0.3) is 0 Å². The molecule has 0 aromatic rings. The highest BCUT2D eigenvalue weighted by atomic mass is 16.4. The monoisotopic (exact) mass is 323 g/mol. The summed E-state index contributed by atoms with van der Waals surface area (Å²) < 4.78 is 0. The first kappa shape index (κ1) is 23.9. The second-order valence-corrected chi connectivity index (χ2v) is 7.70. The highest BCUT2D eigenvalue weighted by Gasteiger charge is 2.24. The van der Waals surface area contributed by atoms with Crippen molar-refractivity contribution >= 4 is 12.5 Å². The van der Waals surface area contributed by atoms with Gasteiger partial charge in [-0.1, -0.05) is 53.7 Å². The van der Waals surface area contributed by atoms with Gasteiger partial charge < -0.3 is 10.0 Å². The molecule has 0 bridgehead atoms. The third kappa shape index (κ3) is 10.9. The molecule has 3 nitrogen and oxygen atoms in total. The zero-order valence-corrected chi connectivity index (χ0v) is 16.0. The second-order valence-electron chi connectivity index (χ2n) is 7.70. The molecule has 134 valence electrons. The number of hydrogen-bond donors (Lipinski definition) is 1. The van der Waals surface area contributed by atoms with Gasteiger partial charge in [0.15, 0.2) is 0 Å². The first-order valence-corrected chi connectivity index (χ1v) is 8.40. The lowest BCUT2D eigenvalue weighted by Crippen LogP contribution is -2.21. The van der Waals surface area contributed by atoms with Crippen molar-refractivity contribution < 1.29 is 10.0 Å². The van der Waals surface area contributed by atoms with E-state index in [-0.39, 0.29) is 10.8 Å². The number of carbonyl (C=O) groups excluding carboxylic acids is 1. The van der Waals surface area contributed by atoms with Crippen LogP contribution in [0, 0.1) is 22.7 Å². The fraction of sp³-hybridized carbons (Fsp3) is 0.700. The lowest BCUT2D eigenvalue weighted by molar-refractivity contribution is -0.110. The Labute approximate surface area is 143 Å². The molecule has 2 atom stereocenters. The quantitative estimate of drug-likeness (QED) is 0.179. The summed E-state index contributed by atoms with van der Waals surface area (Å²) in [6.07, 6.45) is 9.84. The lowest BCUT2D eigenvalue weighted by Gasteiger charge is -2.29. The molecule has 0 aromatic heterocycles. The standard InChI is InChI=1S/C10H19NO.C10H18O/c1-5-6-9(2)10(3,4)7-8-11-12;1-5-6-9(2)10(3,4)7-8-11/h5,8-9,12H,1,6-7H2,2-4H3;5,8-9H,1,6-7H2,2-4H3/b11-8+;. The van der Waals surface area contributed by atoms with Crippen LogP contribution in [0.3, 0.4) is 0 Å². The molecule has 0 saturated heterocycles. The van der Waals surface area contributed by atoms with Crippen LogP contribution in [0.1, 0.15) is 67.2 Å². The van der Waals surface area contributed by atoms with Gasteiger partial charge in [0.25, 0.3) is 0 Å². The number of allylic oxidation sites excluding steroid dienone is 2. The summed E-state index contributed by atoms with van der Waals surface area (Å²) in [4.78, 5) is 10.3. The van der Waals surface area contributed by atoms with E-state index < -0.39 is 0 Å². The average molecular weight is 324 g/mol. The van der Waals surface area contributed by atoms with Crippen molar-refractivity contribution in [2.24, 2.45) is 27.8 Å². The molecule has 0 radical (unpaired) electrons. The fourth-order valence-corrected chi connectivity index (χ4v) is 2.03. The summed E-state index contributed by atoms with van der Waals surface area (Å²) in [5.41, 5.74) is 0.302. The molecule has 0 aliphatic carbocycles. The van der Waals surface area contributed by atoms with Gasteiger partial charge in [-0.25, -0.2) is 0 Å². The maximum Gasteiger partial charge on any atom is 0.120 e. The molecule has 2 unspecified atom stereocenters. The minimum absolute atomic E-state index is 0.121. The molecule has 0 fully saturated rings. The number of oxime groups is 1. The van der Waals surface area contributed by atoms with Gasteiger partial charge in [0.05, 0.1) is 0 Å². The molecule has 0 rings (SSSR count). The molecular formula is C20H37NO2. The number of nitrogens with zero attached hydrogens (tertiary/aromatic N) is 1. The third-order valence-electron chi connectivity index (χ3n) is 5.02. The molecule has 0 spiro atoms. The summed E-state index contributed by atoms with van der Waals surface area (Å²) >= 11 is 0. The van der Waals surface area contributed by atoms with E-state index >= 15 is 0 Å². The molecule has 0 aliphatic heterocycles. The van der Waals surface area contributed by atoms with Crippen molar-refractivity contribution in [1.29, 1.82) is 0 Å². The van der Waals surface area contributed by atoms with Crippen molar-refractivity contribution in [3.05, 3.63) is 25.3 Å². The van der Waals surface area contributed by atoms with Gasteiger partial charge in [-0.15, -0.1) is 18.3 Å². The van der Waals surface area contributed by atoms with Gasteiger partial charge in [-0.05, 0) is 41.9 Å². The molecule has 23 heavy (non-hydrogen) atoms. The van der Waals surface area contributed by atoms with E-state index in [0.717, 1.165) is 25.5 Å². The zero-order valence-electron chi connectivity index (χ0n) is 16.0. The number of aldehydes is 1. The van der Waals surface area contributed by atoms with E-state index in [4.69, 9.17) is 5.21 Å². The van der Waals surface area contributed by atoms with Crippen molar-refractivity contribution in [3.8, 4) is 0 Å². The van der Waals surface area contributed by atoms with Crippen molar-refractivity contribution in [2.45, 2.75) is 67.2 Å². The van der Waals surface area contributed by atoms with E-state index in [2.05, 4.69) is 59.9 Å². The van der Waals surface area contributed by atoms with Crippen molar-refractivity contribution in [1.82, 2.24) is 0 Å². The Morgan fingerprint density at radius 1 is 0.957 bits per heavy atom. The van der Waals surface area contributed by atoms with Gasteiger partial charge in [0.2, 0.25) is 0 Å². The third-order valence-corrected chi connectivity index (χ3v) is 5.02. The van der Waals surface area contributed by atoms with E-state index in [1.165, 1.54) is 0 Å². The Morgan fingerprint density at radius 3 is 1.65 bits per heavy atom. The average Bonchev–Trinajstić information content (AvgIpc) is 2.46. The number of carbonyl (C=O) groups is 1. The van der Waals surface area contributed by atoms with E-state index in [1.807, 2.05) is 12.2 Å². The predicted octanol–water partition coefficient (Wildman–Crippen LogP) is 5.89. The maximum atomic E-state index is 10.3. The van der Waals surface area contributed by atoms with Gasteiger partial charge in [0, 0.05) is 12.6 Å². The normalized spacial score (nSPS) is 14.5. The van der Waals surface area contributed by atoms with Crippen LogP contribution in [0.2, 0.25) is 0 Å². The molecule has 0 heterocycles. The Hall–Kier alpha value is -1.38. The Bertz CT molecular complexity index is 370. The first-order chi connectivity index (χ1) is 10.6. The van der Waals surface area contributed by atoms with Crippen LogP contribution in [-0.4, -0.2) is 17.7 Å². The van der Waals surface area contributed by atoms with Crippen LogP contribution in [0.5, 0.6) is 0 Å². The molecule has 0 amide bonds. The van der Waals surface area contributed by atoms with Gasteiger partial charge in [-0.3, -0.25) is 0 Å². The summed E-state index contributed by atoms with van der Waals surface area (Å²) in [5, 5.41) is 11.3. The second kappa shape index (κ2) is 12.1. The van der Waals surface area contributed by atoms with Crippen LogP contribution in [0.15, 0.2) is 30.5 Å². The minimum atomic E-state index is 0.121. The lowest BCUT2D eigenvalue weighted by atomic mass is 9.76. The van der Waals surface area contributed by atoms with E-state index in [1.54, 1.807) is 6.21 Å². The molecular weight excluding hydrogens is 286 g/mol. The summed E-state index contributed by atoms with van der Waals surface area (Å²) in [5.74, 6) is 1.10. The maximum absolute atomic E-state index is 10.3. The SMILES string of the molecule is C=CCC(C)C(C)(C)C/C=N/O.C=CCC(C)C(C)(C)CC=O. The Balaban J connectivity index is 0. The minimum Gasteiger partial charge on any atom is -0.411 e. The van der Waals surface area contributed by atoms with Crippen LogP contribution in [-0.2, 0) is 4.79 Å². The topological polar surface area (TPSA) is 49.7 Å². The van der Waals surface area contributed by atoms with Crippen molar-refractivity contribution in [3.63, 3.8) is 0 Å². The molecule has 0 aliphatic rings. The predicted molar refractivity (Wildman–Crippen MR) is 101 cm³/mol. The molecule has 0 aromatic carbocycles. The molecule has 3 heteroatoms. The van der Waals surface area contributed by atoms with E-state index in [9.17, 15) is 4.79 Å². The van der Waals surface area contributed by atoms with Gasteiger partial charge in [0.1, 0.15) is 6.29 Å². The Morgan fingerprint density at radius 2 is 1.35 bits per heavy atom. The number of rotatable bonds is 10. The van der Waals surface area contributed by atoms with Crippen LogP contribution < -0.4 is 0 Å². The highest BCUT2D eigenvalue weighted by Crippen LogP contribution is 2.32. The van der Waals surface area contributed by atoms with Gasteiger partial charge in [-0.2, -0.15) is 0 Å². The summed E-state index contributed by atoms with van der Waals surface area (Å²) in [6, 6.07) is 0. The zero-order chi connectivity index (χ0) is 18.5. The number of hydrogen-bond acceptors (Lipinski definition) is 3. The van der Waals surface area contributed by atoms with E-state index in [0.29, 0.717) is 18.3 Å². The fourth-order valence-electron chi connectivity index (χ4n) is 2.03. The van der Waals surface area contributed by atoms with Gasteiger partial charge >= 0.3 is 0 Å². The highest BCUT2D eigenvalue weighted by molar-refractivity contribution is 5.57. The van der Waals surface area contributed by atoms with Crippen molar-refractivity contribution in [2.75, 3.05) is 0 Å².